The Morgan fingerprint density at radius 1 is 1.10 bits per heavy atom. The van der Waals surface area contributed by atoms with E-state index in [1.165, 1.54) is 11.1 Å². The van der Waals surface area contributed by atoms with E-state index in [0.29, 0.717) is 0 Å². The Morgan fingerprint density at radius 2 is 1.70 bits per heavy atom. The van der Waals surface area contributed by atoms with Crippen LogP contribution in [0.1, 0.15) is 33.3 Å². The van der Waals surface area contributed by atoms with Crippen LogP contribution in [0.15, 0.2) is 59.8 Å². The lowest BCUT2D eigenvalue weighted by Gasteiger charge is -2.28. The molecule has 1 aromatic carbocycles. The molecule has 0 saturated heterocycles. The van der Waals surface area contributed by atoms with Crippen molar-refractivity contribution in [3.8, 4) is 0 Å². The summed E-state index contributed by atoms with van der Waals surface area (Å²) in [5.74, 6) is 0. The first kappa shape index (κ1) is 18.6. The molecule has 0 heterocycles. The molecule has 1 aliphatic carbocycles. The minimum atomic E-state index is 1.03. The summed E-state index contributed by atoms with van der Waals surface area (Å²) in [6, 6.07) is 8.47. The lowest BCUT2D eigenvalue weighted by atomic mass is 9.85. The van der Waals surface area contributed by atoms with E-state index in [0.717, 1.165) is 29.0 Å². The number of hydrogen-bond donors (Lipinski definition) is 2. The summed E-state index contributed by atoms with van der Waals surface area (Å²) < 4.78 is 0. The van der Waals surface area contributed by atoms with Gasteiger partial charge in [-0.3, -0.25) is 0 Å². The van der Waals surface area contributed by atoms with Crippen molar-refractivity contribution in [3.63, 3.8) is 0 Å². The second kappa shape index (κ2) is 9.49. The molecule has 0 spiro atoms. The number of thiol groups is 1. The van der Waals surface area contributed by atoms with Crippen LogP contribution in [0.3, 0.4) is 0 Å². The normalized spacial score (nSPS) is 12.7. The minimum Gasteiger partial charge on any atom is -0.355 e. The zero-order valence-electron chi connectivity index (χ0n) is 13.4. The molecule has 2 rings (SSSR count). The monoisotopic (exact) mass is 289 g/mol. The number of benzene rings is 1. The Bertz CT molecular complexity index is 498. The second-order valence-electron chi connectivity index (χ2n) is 4.14. The lowest BCUT2D eigenvalue weighted by molar-refractivity contribution is 1.13. The van der Waals surface area contributed by atoms with Crippen molar-refractivity contribution in [2.24, 2.45) is 0 Å². The molecule has 0 aromatic heterocycles. The second-order valence-corrected chi connectivity index (χ2v) is 4.14. The van der Waals surface area contributed by atoms with Crippen LogP contribution in [-0.4, -0.2) is 6.26 Å². The molecule has 20 heavy (non-hydrogen) atoms. The van der Waals surface area contributed by atoms with Gasteiger partial charge in [-0.05, 0) is 54.0 Å². The van der Waals surface area contributed by atoms with Crippen molar-refractivity contribution in [2.75, 3.05) is 11.6 Å². The van der Waals surface area contributed by atoms with E-state index < -0.39 is 0 Å². The van der Waals surface area contributed by atoms with Gasteiger partial charge < -0.3 is 5.32 Å². The van der Waals surface area contributed by atoms with Crippen LogP contribution in [0.5, 0.6) is 0 Å². The van der Waals surface area contributed by atoms with Crippen LogP contribution in [0.2, 0.25) is 0 Å². The van der Waals surface area contributed by atoms with Gasteiger partial charge in [-0.2, -0.15) is 12.6 Å². The van der Waals surface area contributed by atoms with Crippen LogP contribution in [0.25, 0.3) is 0 Å². The number of nitrogens with one attached hydrogen (secondary N) is 1. The van der Waals surface area contributed by atoms with Crippen LogP contribution >= 0.6 is 12.6 Å². The van der Waals surface area contributed by atoms with Gasteiger partial charge in [0.1, 0.15) is 0 Å². The van der Waals surface area contributed by atoms with Gasteiger partial charge in [0.15, 0.2) is 0 Å². The Morgan fingerprint density at radius 3 is 2.20 bits per heavy atom. The van der Waals surface area contributed by atoms with Gasteiger partial charge in [-0.25, -0.2) is 0 Å². The highest BCUT2D eigenvalue weighted by Crippen LogP contribution is 2.37. The van der Waals surface area contributed by atoms with Gasteiger partial charge in [0.25, 0.3) is 0 Å². The largest absolute Gasteiger partial charge is 0.355 e. The average Bonchev–Trinajstić information content (AvgIpc) is 2.55. The first-order chi connectivity index (χ1) is 9.63. The summed E-state index contributed by atoms with van der Waals surface area (Å²) >= 11 is 3.53. The molecule has 0 fully saturated rings. The molecule has 0 unspecified atom stereocenters. The Labute approximate surface area is 129 Å². The number of rotatable bonds is 3. The van der Waals surface area contributed by atoms with Gasteiger partial charge >= 0.3 is 0 Å². The smallest absolute Gasteiger partial charge is 0.0493 e. The fraction of sp³-hybridized carbons (Fsp3) is 0.333. The Hall–Kier alpha value is -1.41. The maximum absolute atomic E-state index is 3.99. The number of hydrogen-bond acceptors (Lipinski definition) is 2. The Balaban J connectivity index is 0.000000829. The third kappa shape index (κ3) is 4.31. The van der Waals surface area contributed by atoms with Crippen molar-refractivity contribution in [1.29, 1.82) is 0 Å². The van der Waals surface area contributed by atoms with Crippen molar-refractivity contribution >= 4 is 18.3 Å². The lowest BCUT2D eigenvalue weighted by Crippen LogP contribution is -2.16. The van der Waals surface area contributed by atoms with E-state index in [1.54, 1.807) is 6.26 Å². The average molecular weight is 289 g/mol. The predicted octanol–water partition coefficient (Wildman–Crippen LogP) is 5.63. The summed E-state index contributed by atoms with van der Waals surface area (Å²) in [4.78, 5) is 0. The highest BCUT2D eigenvalue weighted by molar-refractivity contribution is 7.79. The first-order valence-corrected chi connectivity index (χ1v) is 7.93. The topological polar surface area (TPSA) is 12.0 Å². The van der Waals surface area contributed by atoms with Crippen LogP contribution < -0.4 is 5.32 Å². The molecule has 1 nitrogen and oxygen atoms in total. The van der Waals surface area contributed by atoms with E-state index in [9.17, 15) is 0 Å². The number of anilines is 1. The highest BCUT2D eigenvalue weighted by atomic mass is 32.1. The van der Waals surface area contributed by atoms with E-state index in [-0.39, 0.29) is 0 Å². The Kier molecular flexibility index (Phi) is 8.82. The molecule has 0 atom stereocenters. The molecule has 110 valence electrons. The standard InChI is InChI=1S/C15H17N.C2H6.CH4S/c1-5-13-7-6-8-14(9-13)16-15-11(3)10(2)12(15)4;2*1-2/h6-9,16H,2-3,5H2,1,4H3;1-2H3;2H,1H3. The fourth-order valence-corrected chi connectivity index (χ4v) is 1.87. The number of aryl methyl sites for hydroxylation is 1. The molecule has 0 amide bonds. The molecular weight excluding hydrogens is 262 g/mol. The SMILES string of the molecule is C=C1C(=C)C(Nc2cccc(CC)c2)=C1C.CC.CS. The van der Waals surface area contributed by atoms with Crippen molar-refractivity contribution < 1.29 is 0 Å². The van der Waals surface area contributed by atoms with E-state index >= 15 is 0 Å². The molecule has 1 aliphatic rings. The summed E-state index contributed by atoms with van der Waals surface area (Å²) in [5, 5.41) is 3.40. The quantitative estimate of drug-likeness (QED) is 0.687. The van der Waals surface area contributed by atoms with E-state index in [2.05, 4.69) is 69.2 Å². The predicted molar refractivity (Wildman–Crippen MR) is 96.7 cm³/mol. The third-order valence-corrected chi connectivity index (χ3v) is 3.10. The summed E-state index contributed by atoms with van der Waals surface area (Å²) in [7, 11) is 0. The molecule has 0 bridgehead atoms. The van der Waals surface area contributed by atoms with Crippen LogP contribution in [-0.2, 0) is 6.42 Å². The fourth-order valence-electron chi connectivity index (χ4n) is 1.87. The van der Waals surface area contributed by atoms with Gasteiger partial charge in [0.2, 0.25) is 0 Å². The van der Waals surface area contributed by atoms with Crippen molar-refractivity contribution in [2.45, 2.75) is 34.1 Å². The molecular formula is C18H27NS. The molecule has 0 radical (unpaired) electrons. The van der Waals surface area contributed by atoms with Crippen LogP contribution in [0, 0.1) is 0 Å². The first-order valence-electron chi connectivity index (χ1n) is 7.04. The van der Waals surface area contributed by atoms with Gasteiger partial charge in [0.05, 0.1) is 0 Å². The van der Waals surface area contributed by atoms with Crippen molar-refractivity contribution in [3.05, 3.63) is 65.4 Å². The summed E-state index contributed by atoms with van der Waals surface area (Å²) in [5.41, 5.74) is 6.90. The molecule has 0 saturated carbocycles. The zero-order chi connectivity index (χ0) is 15.7. The maximum atomic E-state index is 3.99. The number of allylic oxidation sites excluding steroid dienone is 2. The zero-order valence-corrected chi connectivity index (χ0v) is 14.3. The molecule has 1 N–H and O–H groups in total. The highest BCUT2D eigenvalue weighted by Gasteiger charge is 2.22. The van der Waals surface area contributed by atoms with Crippen LogP contribution in [0.4, 0.5) is 5.69 Å². The van der Waals surface area contributed by atoms with Gasteiger partial charge in [-0.1, -0.05) is 46.1 Å². The summed E-state index contributed by atoms with van der Waals surface area (Å²) in [6.07, 6.45) is 2.75. The van der Waals surface area contributed by atoms with E-state index in [1.807, 2.05) is 13.8 Å². The minimum absolute atomic E-state index is 1.03. The van der Waals surface area contributed by atoms with Gasteiger partial charge in [0, 0.05) is 11.4 Å². The van der Waals surface area contributed by atoms with Crippen molar-refractivity contribution in [1.82, 2.24) is 0 Å². The summed E-state index contributed by atoms with van der Waals surface area (Å²) in [6.45, 7) is 16.2. The van der Waals surface area contributed by atoms with E-state index in [4.69, 9.17) is 0 Å². The maximum Gasteiger partial charge on any atom is 0.0493 e. The molecule has 2 heteroatoms. The third-order valence-electron chi connectivity index (χ3n) is 3.10. The van der Waals surface area contributed by atoms with Gasteiger partial charge in [-0.15, -0.1) is 0 Å². The molecule has 1 aromatic rings. The molecule has 0 aliphatic heterocycles.